The number of hydrogen-bond acceptors (Lipinski definition) is 2. The van der Waals surface area contributed by atoms with Crippen LogP contribution in [0.15, 0.2) is 28.7 Å². The van der Waals surface area contributed by atoms with Crippen LogP contribution in [0.5, 0.6) is 0 Å². The SMILES string of the molecule is CC(C)(C(=O)NC1CCCNC1)c1ccc(Br)cc1. The first kappa shape index (κ1) is 14.5. The summed E-state index contributed by atoms with van der Waals surface area (Å²) in [7, 11) is 0. The van der Waals surface area contributed by atoms with Crippen LogP contribution in [-0.4, -0.2) is 25.0 Å². The highest BCUT2D eigenvalue weighted by Crippen LogP contribution is 2.25. The molecule has 1 fully saturated rings. The molecule has 0 bridgehead atoms. The summed E-state index contributed by atoms with van der Waals surface area (Å²) in [6, 6.07) is 8.22. The quantitative estimate of drug-likeness (QED) is 0.897. The van der Waals surface area contributed by atoms with E-state index in [0.29, 0.717) is 0 Å². The van der Waals surface area contributed by atoms with Gasteiger partial charge >= 0.3 is 0 Å². The van der Waals surface area contributed by atoms with Crippen molar-refractivity contribution in [2.24, 2.45) is 0 Å². The number of halogens is 1. The molecular weight excluding hydrogens is 304 g/mol. The summed E-state index contributed by atoms with van der Waals surface area (Å²) in [5.74, 6) is 0.100. The van der Waals surface area contributed by atoms with Gasteiger partial charge < -0.3 is 10.6 Å². The van der Waals surface area contributed by atoms with Gasteiger partial charge in [0.15, 0.2) is 0 Å². The Morgan fingerprint density at radius 2 is 2.05 bits per heavy atom. The third-order valence-corrected chi connectivity index (χ3v) is 4.29. The lowest BCUT2D eigenvalue weighted by atomic mass is 9.83. The molecule has 1 aliphatic rings. The molecular formula is C15H21BrN2O. The van der Waals surface area contributed by atoms with Crippen LogP contribution in [0.3, 0.4) is 0 Å². The molecule has 1 aromatic carbocycles. The first-order valence-electron chi connectivity index (χ1n) is 6.78. The molecule has 1 saturated heterocycles. The van der Waals surface area contributed by atoms with Gasteiger partial charge in [-0.3, -0.25) is 4.79 Å². The fourth-order valence-electron chi connectivity index (χ4n) is 2.34. The maximum Gasteiger partial charge on any atom is 0.230 e. The normalized spacial score (nSPS) is 20.1. The topological polar surface area (TPSA) is 41.1 Å². The standard InChI is InChI=1S/C15H21BrN2O/c1-15(2,11-5-7-12(16)8-6-11)14(19)18-13-4-3-9-17-10-13/h5-8,13,17H,3-4,9-10H2,1-2H3,(H,18,19). The minimum atomic E-state index is -0.502. The van der Waals surface area contributed by atoms with E-state index in [1.54, 1.807) is 0 Å². The average molecular weight is 325 g/mol. The summed E-state index contributed by atoms with van der Waals surface area (Å²) in [6.07, 6.45) is 2.19. The Morgan fingerprint density at radius 3 is 2.63 bits per heavy atom. The van der Waals surface area contributed by atoms with Gasteiger partial charge in [-0.25, -0.2) is 0 Å². The summed E-state index contributed by atoms with van der Waals surface area (Å²) in [4.78, 5) is 12.5. The number of benzene rings is 1. The van der Waals surface area contributed by atoms with E-state index >= 15 is 0 Å². The van der Waals surface area contributed by atoms with Crippen molar-refractivity contribution in [3.8, 4) is 0 Å². The molecule has 104 valence electrons. The van der Waals surface area contributed by atoms with Crippen LogP contribution in [0.2, 0.25) is 0 Å². The Balaban J connectivity index is 2.05. The Morgan fingerprint density at radius 1 is 1.37 bits per heavy atom. The largest absolute Gasteiger partial charge is 0.351 e. The van der Waals surface area contributed by atoms with E-state index in [1.165, 1.54) is 0 Å². The number of rotatable bonds is 3. The van der Waals surface area contributed by atoms with Crippen molar-refractivity contribution in [3.05, 3.63) is 34.3 Å². The molecule has 3 nitrogen and oxygen atoms in total. The van der Waals surface area contributed by atoms with Gasteiger partial charge in [-0.15, -0.1) is 0 Å². The number of hydrogen-bond donors (Lipinski definition) is 2. The fourth-order valence-corrected chi connectivity index (χ4v) is 2.60. The van der Waals surface area contributed by atoms with Gasteiger partial charge in [-0.05, 0) is 50.9 Å². The molecule has 1 amide bonds. The van der Waals surface area contributed by atoms with Crippen molar-refractivity contribution in [1.29, 1.82) is 0 Å². The maximum absolute atomic E-state index is 12.5. The Hall–Kier alpha value is -0.870. The summed E-state index contributed by atoms with van der Waals surface area (Å²) in [5, 5.41) is 6.48. The third kappa shape index (κ3) is 3.57. The van der Waals surface area contributed by atoms with Crippen molar-refractivity contribution in [2.45, 2.75) is 38.1 Å². The van der Waals surface area contributed by atoms with Crippen LogP contribution in [-0.2, 0) is 10.2 Å². The minimum absolute atomic E-state index is 0.100. The van der Waals surface area contributed by atoms with Crippen LogP contribution in [0.25, 0.3) is 0 Å². The lowest BCUT2D eigenvalue weighted by Gasteiger charge is -2.30. The first-order chi connectivity index (χ1) is 9.00. The molecule has 4 heteroatoms. The molecule has 0 aliphatic carbocycles. The number of piperidine rings is 1. The number of carbonyl (C=O) groups excluding carboxylic acids is 1. The second kappa shape index (κ2) is 6.06. The fraction of sp³-hybridized carbons (Fsp3) is 0.533. The second-order valence-corrected chi connectivity index (χ2v) is 6.56. The highest BCUT2D eigenvalue weighted by atomic mass is 79.9. The van der Waals surface area contributed by atoms with Crippen molar-refractivity contribution >= 4 is 21.8 Å². The molecule has 19 heavy (non-hydrogen) atoms. The van der Waals surface area contributed by atoms with Crippen molar-refractivity contribution in [3.63, 3.8) is 0 Å². The van der Waals surface area contributed by atoms with Crippen molar-refractivity contribution in [2.75, 3.05) is 13.1 Å². The van der Waals surface area contributed by atoms with Crippen LogP contribution in [0.4, 0.5) is 0 Å². The van der Waals surface area contributed by atoms with E-state index in [9.17, 15) is 4.79 Å². The lowest BCUT2D eigenvalue weighted by molar-refractivity contribution is -0.126. The van der Waals surface area contributed by atoms with Gasteiger partial charge in [0.05, 0.1) is 5.41 Å². The molecule has 1 aliphatic heterocycles. The highest BCUT2D eigenvalue weighted by molar-refractivity contribution is 9.10. The number of nitrogens with one attached hydrogen (secondary N) is 2. The Kier molecular flexibility index (Phi) is 4.63. The molecule has 0 spiro atoms. The summed E-state index contributed by atoms with van der Waals surface area (Å²) >= 11 is 3.42. The molecule has 1 heterocycles. The van der Waals surface area contributed by atoms with E-state index in [2.05, 4.69) is 26.6 Å². The monoisotopic (exact) mass is 324 g/mol. The average Bonchev–Trinajstić information content (AvgIpc) is 2.40. The van der Waals surface area contributed by atoms with E-state index in [-0.39, 0.29) is 11.9 Å². The lowest BCUT2D eigenvalue weighted by Crippen LogP contribution is -2.50. The molecule has 0 saturated carbocycles. The van der Waals surface area contributed by atoms with Gasteiger partial charge in [0.1, 0.15) is 0 Å². The van der Waals surface area contributed by atoms with Gasteiger partial charge in [-0.1, -0.05) is 28.1 Å². The molecule has 2 rings (SSSR count). The zero-order valence-corrected chi connectivity index (χ0v) is 13.1. The van der Waals surface area contributed by atoms with Crippen molar-refractivity contribution < 1.29 is 4.79 Å². The van der Waals surface area contributed by atoms with Crippen LogP contribution in [0, 0.1) is 0 Å². The second-order valence-electron chi connectivity index (χ2n) is 5.65. The van der Waals surface area contributed by atoms with E-state index in [4.69, 9.17) is 0 Å². The van der Waals surface area contributed by atoms with E-state index < -0.39 is 5.41 Å². The van der Waals surface area contributed by atoms with Crippen molar-refractivity contribution in [1.82, 2.24) is 10.6 Å². The van der Waals surface area contributed by atoms with Crippen LogP contribution >= 0.6 is 15.9 Å². The van der Waals surface area contributed by atoms with Crippen LogP contribution in [0.1, 0.15) is 32.3 Å². The molecule has 0 aromatic heterocycles. The van der Waals surface area contributed by atoms with Gasteiger partial charge in [0.25, 0.3) is 0 Å². The molecule has 2 N–H and O–H groups in total. The third-order valence-electron chi connectivity index (χ3n) is 3.77. The highest BCUT2D eigenvalue weighted by Gasteiger charge is 2.31. The predicted octanol–water partition coefficient (Wildman–Crippen LogP) is 2.59. The zero-order chi connectivity index (χ0) is 13.9. The molecule has 1 aromatic rings. The summed E-state index contributed by atoms with van der Waals surface area (Å²) in [5.41, 5.74) is 0.537. The zero-order valence-electron chi connectivity index (χ0n) is 11.5. The minimum Gasteiger partial charge on any atom is -0.351 e. The smallest absolute Gasteiger partial charge is 0.230 e. The van der Waals surface area contributed by atoms with Gasteiger partial charge in [-0.2, -0.15) is 0 Å². The molecule has 1 unspecified atom stereocenters. The van der Waals surface area contributed by atoms with Crippen LogP contribution < -0.4 is 10.6 Å². The Bertz CT molecular complexity index is 436. The van der Waals surface area contributed by atoms with E-state index in [0.717, 1.165) is 36.0 Å². The molecule has 0 radical (unpaired) electrons. The van der Waals surface area contributed by atoms with Gasteiger partial charge in [0, 0.05) is 17.1 Å². The van der Waals surface area contributed by atoms with E-state index in [1.807, 2.05) is 38.1 Å². The number of amides is 1. The predicted molar refractivity (Wildman–Crippen MR) is 81.2 cm³/mol. The Labute approximate surface area is 123 Å². The summed E-state index contributed by atoms with van der Waals surface area (Å²) in [6.45, 7) is 5.88. The number of carbonyl (C=O) groups is 1. The first-order valence-corrected chi connectivity index (χ1v) is 7.57. The molecule has 1 atom stereocenters. The maximum atomic E-state index is 12.5. The van der Waals surface area contributed by atoms with Gasteiger partial charge in [0.2, 0.25) is 5.91 Å². The summed E-state index contributed by atoms with van der Waals surface area (Å²) < 4.78 is 1.03.